The summed E-state index contributed by atoms with van der Waals surface area (Å²) in [6.45, 7) is -0.291. The van der Waals surface area contributed by atoms with Crippen LogP contribution in [0.15, 0.2) is 12.3 Å². The van der Waals surface area contributed by atoms with Crippen LogP contribution in [0.2, 0.25) is 0 Å². The third-order valence-corrected chi connectivity index (χ3v) is 1.85. The fourth-order valence-corrected chi connectivity index (χ4v) is 1.07. The van der Waals surface area contributed by atoms with Crippen LogP contribution >= 0.6 is 0 Å². The van der Waals surface area contributed by atoms with E-state index in [1.54, 1.807) is 17.8 Å². The van der Waals surface area contributed by atoms with Crippen molar-refractivity contribution in [2.24, 2.45) is 7.05 Å². The Bertz CT molecular complexity index is 384. The van der Waals surface area contributed by atoms with Crippen molar-refractivity contribution in [3.63, 3.8) is 0 Å². The number of esters is 1. The Balaban J connectivity index is 2.61. The molecule has 0 atom stereocenters. The van der Waals surface area contributed by atoms with Crippen LogP contribution in [-0.2, 0) is 16.6 Å². The Morgan fingerprint density at radius 1 is 1.60 bits per heavy atom. The van der Waals surface area contributed by atoms with Gasteiger partial charge in [-0.3, -0.25) is 4.79 Å². The van der Waals surface area contributed by atoms with Gasteiger partial charge in [0.15, 0.2) is 6.61 Å². The molecule has 1 amide bonds. The van der Waals surface area contributed by atoms with Gasteiger partial charge < -0.3 is 20.4 Å². The number of nitrogen functional groups attached to an aromatic ring is 1. The number of carbonyl (C=O) groups is 2. The summed E-state index contributed by atoms with van der Waals surface area (Å²) < 4.78 is 6.29. The van der Waals surface area contributed by atoms with Gasteiger partial charge in [0, 0.05) is 20.3 Å². The van der Waals surface area contributed by atoms with Crippen LogP contribution in [-0.4, -0.2) is 30.1 Å². The number of rotatable bonds is 3. The molecule has 6 heteroatoms. The van der Waals surface area contributed by atoms with Crippen molar-refractivity contribution in [3.05, 3.63) is 18.0 Å². The number of aromatic nitrogens is 1. The summed E-state index contributed by atoms with van der Waals surface area (Å²) in [5.74, 6) is -0.927. The second kappa shape index (κ2) is 4.50. The molecule has 0 radical (unpaired) electrons. The largest absolute Gasteiger partial charge is 0.451 e. The number of hydrogen-bond acceptors (Lipinski definition) is 4. The fourth-order valence-electron chi connectivity index (χ4n) is 1.07. The lowest BCUT2D eigenvalue weighted by molar-refractivity contribution is -0.123. The monoisotopic (exact) mass is 211 g/mol. The zero-order chi connectivity index (χ0) is 11.4. The number of nitrogens with two attached hydrogens (primary N) is 1. The summed E-state index contributed by atoms with van der Waals surface area (Å²) in [4.78, 5) is 22.2. The zero-order valence-electron chi connectivity index (χ0n) is 8.61. The normalized spacial score (nSPS) is 9.73. The van der Waals surface area contributed by atoms with E-state index in [9.17, 15) is 9.59 Å². The molecule has 0 unspecified atom stereocenters. The van der Waals surface area contributed by atoms with Crippen molar-refractivity contribution in [3.8, 4) is 0 Å². The highest BCUT2D eigenvalue weighted by Gasteiger charge is 2.13. The maximum Gasteiger partial charge on any atom is 0.355 e. The lowest BCUT2D eigenvalue weighted by atomic mass is 10.4. The van der Waals surface area contributed by atoms with Crippen LogP contribution in [0.3, 0.4) is 0 Å². The van der Waals surface area contributed by atoms with Crippen molar-refractivity contribution < 1.29 is 14.3 Å². The molecule has 1 aromatic heterocycles. The molecule has 1 rings (SSSR count). The van der Waals surface area contributed by atoms with Crippen LogP contribution in [0, 0.1) is 0 Å². The van der Waals surface area contributed by atoms with Crippen LogP contribution in [0.25, 0.3) is 0 Å². The lowest BCUT2D eigenvalue weighted by Gasteiger charge is -2.03. The van der Waals surface area contributed by atoms with Crippen LogP contribution in [0.5, 0.6) is 0 Å². The molecule has 0 fully saturated rings. The molecule has 15 heavy (non-hydrogen) atoms. The van der Waals surface area contributed by atoms with Gasteiger partial charge in [-0.25, -0.2) is 4.79 Å². The van der Waals surface area contributed by atoms with Crippen molar-refractivity contribution >= 4 is 17.6 Å². The number of nitrogens with zero attached hydrogens (tertiary/aromatic N) is 1. The van der Waals surface area contributed by atoms with Crippen LogP contribution in [0.1, 0.15) is 10.5 Å². The van der Waals surface area contributed by atoms with Gasteiger partial charge in [-0.05, 0) is 6.07 Å². The Morgan fingerprint density at radius 2 is 2.27 bits per heavy atom. The van der Waals surface area contributed by atoms with Crippen molar-refractivity contribution in [1.82, 2.24) is 9.88 Å². The highest BCUT2D eigenvalue weighted by molar-refractivity contribution is 5.90. The summed E-state index contributed by atoms with van der Waals surface area (Å²) >= 11 is 0. The van der Waals surface area contributed by atoms with E-state index in [0.717, 1.165) is 0 Å². The van der Waals surface area contributed by atoms with E-state index in [1.807, 2.05) is 0 Å². The molecule has 0 aliphatic rings. The van der Waals surface area contributed by atoms with Crippen LogP contribution in [0.4, 0.5) is 5.69 Å². The van der Waals surface area contributed by atoms with Gasteiger partial charge in [0.05, 0.1) is 5.69 Å². The molecule has 0 aliphatic carbocycles. The predicted molar refractivity (Wildman–Crippen MR) is 54.2 cm³/mol. The van der Waals surface area contributed by atoms with Gasteiger partial charge in [-0.1, -0.05) is 0 Å². The first-order valence-electron chi connectivity index (χ1n) is 4.34. The second-order valence-corrected chi connectivity index (χ2v) is 3.02. The SMILES string of the molecule is CNC(=O)COC(=O)c1cc(N)cn1C. The summed E-state index contributed by atoms with van der Waals surface area (Å²) in [6, 6.07) is 1.49. The predicted octanol–water partition coefficient (Wildman–Crippen LogP) is -0.490. The first-order valence-corrected chi connectivity index (χ1v) is 4.34. The number of aryl methyl sites for hydroxylation is 1. The third-order valence-electron chi connectivity index (χ3n) is 1.85. The Hall–Kier alpha value is -1.98. The van der Waals surface area contributed by atoms with E-state index in [2.05, 4.69) is 5.32 Å². The van der Waals surface area contributed by atoms with E-state index in [-0.39, 0.29) is 12.5 Å². The molecule has 0 aliphatic heterocycles. The van der Waals surface area contributed by atoms with Crippen molar-refractivity contribution in [2.75, 3.05) is 19.4 Å². The van der Waals surface area contributed by atoms with E-state index in [4.69, 9.17) is 10.5 Å². The molecule has 0 spiro atoms. The number of anilines is 1. The lowest BCUT2D eigenvalue weighted by Crippen LogP contribution is -2.25. The highest BCUT2D eigenvalue weighted by Crippen LogP contribution is 2.09. The first-order chi connectivity index (χ1) is 7.04. The molecule has 0 saturated heterocycles. The van der Waals surface area contributed by atoms with E-state index >= 15 is 0 Å². The molecule has 0 bridgehead atoms. The molecular formula is C9H13N3O3. The Kier molecular flexibility index (Phi) is 3.33. The molecule has 1 aromatic rings. The minimum Gasteiger partial charge on any atom is -0.451 e. The van der Waals surface area contributed by atoms with Crippen molar-refractivity contribution in [1.29, 1.82) is 0 Å². The minimum atomic E-state index is -0.571. The number of carbonyl (C=O) groups excluding carboxylic acids is 2. The molecule has 0 aromatic carbocycles. The maximum absolute atomic E-state index is 11.4. The zero-order valence-corrected chi connectivity index (χ0v) is 8.61. The molecular weight excluding hydrogens is 198 g/mol. The van der Waals surface area contributed by atoms with E-state index in [0.29, 0.717) is 11.4 Å². The molecule has 3 N–H and O–H groups in total. The van der Waals surface area contributed by atoms with Gasteiger partial charge >= 0.3 is 5.97 Å². The van der Waals surface area contributed by atoms with Gasteiger partial charge in [0.2, 0.25) is 0 Å². The van der Waals surface area contributed by atoms with Crippen LogP contribution < -0.4 is 11.1 Å². The standard InChI is InChI=1S/C9H13N3O3/c1-11-8(13)5-15-9(14)7-3-6(10)4-12(7)2/h3-4H,5,10H2,1-2H3,(H,11,13). The minimum absolute atomic E-state index is 0.291. The summed E-state index contributed by atoms with van der Waals surface area (Å²) in [7, 11) is 3.14. The maximum atomic E-state index is 11.4. The number of ether oxygens (including phenoxy) is 1. The highest BCUT2D eigenvalue weighted by atomic mass is 16.5. The smallest absolute Gasteiger partial charge is 0.355 e. The molecule has 82 valence electrons. The quantitative estimate of drug-likeness (QED) is 0.660. The number of amides is 1. The van der Waals surface area contributed by atoms with E-state index < -0.39 is 5.97 Å². The summed E-state index contributed by atoms with van der Waals surface area (Å²) in [5.41, 5.74) is 6.28. The Labute approximate surface area is 87.0 Å². The summed E-state index contributed by atoms with van der Waals surface area (Å²) in [5, 5.41) is 2.34. The van der Waals surface area contributed by atoms with E-state index in [1.165, 1.54) is 13.1 Å². The number of hydrogen-bond donors (Lipinski definition) is 2. The topological polar surface area (TPSA) is 86.3 Å². The molecule has 6 nitrogen and oxygen atoms in total. The average Bonchev–Trinajstić information content (AvgIpc) is 2.53. The number of likely N-dealkylation sites (N-methyl/N-ethyl adjacent to an activating group) is 1. The number of nitrogens with one attached hydrogen (secondary N) is 1. The average molecular weight is 211 g/mol. The molecule has 0 saturated carbocycles. The second-order valence-electron chi connectivity index (χ2n) is 3.02. The van der Waals surface area contributed by atoms with Gasteiger partial charge in [-0.2, -0.15) is 0 Å². The molecule has 1 heterocycles. The van der Waals surface area contributed by atoms with Gasteiger partial charge in [0.1, 0.15) is 5.69 Å². The third kappa shape index (κ3) is 2.73. The fraction of sp³-hybridized carbons (Fsp3) is 0.333. The van der Waals surface area contributed by atoms with Gasteiger partial charge in [-0.15, -0.1) is 0 Å². The van der Waals surface area contributed by atoms with Gasteiger partial charge in [0.25, 0.3) is 5.91 Å². The van der Waals surface area contributed by atoms with Crippen molar-refractivity contribution in [2.45, 2.75) is 0 Å². The first kappa shape index (κ1) is 11.1. The summed E-state index contributed by atoms with van der Waals surface area (Å²) in [6.07, 6.45) is 1.59. The Morgan fingerprint density at radius 3 is 2.73 bits per heavy atom.